The summed E-state index contributed by atoms with van der Waals surface area (Å²) in [6.07, 6.45) is 2.51. The minimum absolute atomic E-state index is 0.0987. The third kappa shape index (κ3) is 7.83. The number of amides is 3. The van der Waals surface area contributed by atoms with Gasteiger partial charge in [-0.1, -0.05) is 68.4 Å². The second kappa shape index (κ2) is 12.1. The molecule has 7 heteroatoms. The van der Waals surface area contributed by atoms with Gasteiger partial charge in [0.2, 0.25) is 11.8 Å². The third-order valence-corrected chi connectivity index (χ3v) is 6.22. The van der Waals surface area contributed by atoms with Crippen LogP contribution in [0, 0.1) is 5.92 Å². The highest BCUT2D eigenvalue weighted by Gasteiger charge is 2.32. The fourth-order valence-electron chi connectivity index (χ4n) is 4.47. The number of hydrogen-bond acceptors (Lipinski definition) is 4. The molecule has 0 spiro atoms. The van der Waals surface area contributed by atoms with Gasteiger partial charge in [-0.15, -0.1) is 0 Å². The lowest BCUT2D eigenvalue weighted by Gasteiger charge is -2.30. The van der Waals surface area contributed by atoms with E-state index < -0.39 is 29.7 Å². The van der Waals surface area contributed by atoms with E-state index in [9.17, 15) is 14.4 Å². The van der Waals surface area contributed by atoms with Crippen molar-refractivity contribution in [3.8, 4) is 0 Å². The zero-order valence-corrected chi connectivity index (χ0v) is 22.0. The SMILES string of the molecule is CC(C)[C@H](NC(=O)OC(C)(C)C)C(=O)N[C@@H](Cc1ccccc1)C(=O)N[C@@H]1CCCc2ccccc21. The van der Waals surface area contributed by atoms with Gasteiger partial charge in [0.1, 0.15) is 17.7 Å². The zero-order chi connectivity index (χ0) is 26.3. The summed E-state index contributed by atoms with van der Waals surface area (Å²) >= 11 is 0. The Morgan fingerprint density at radius 1 is 0.944 bits per heavy atom. The normalized spacial score (nSPS) is 16.9. The molecule has 3 rings (SSSR count). The second-order valence-electron chi connectivity index (χ2n) is 10.8. The summed E-state index contributed by atoms with van der Waals surface area (Å²) in [5.41, 5.74) is 2.63. The number of alkyl carbamates (subject to hydrolysis) is 1. The van der Waals surface area contributed by atoms with Crippen LogP contribution in [0.4, 0.5) is 4.79 Å². The lowest BCUT2D eigenvalue weighted by molar-refractivity contribution is -0.131. The van der Waals surface area contributed by atoms with E-state index in [-0.39, 0.29) is 17.9 Å². The number of ether oxygens (including phenoxy) is 1. The molecule has 2 aromatic carbocycles. The van der Waals surface area contributed by atoms with Crippen LogP contribution in [0.15, 0.2) is 54.6 Å². The molecule has 1 aliphatic rings. The summed E-state index contributed by atoms with van der Waals surface area (Å²) in [7, 11) is 0. The van der Waals surface area contributed by atoms with E-state index in [0.29, 0.717) is 6.42 Å². The minimum Gasteiger partial charge on any atom is -0.444 e. The number of carbonyl (C=O) groups is 3. The van der Waals surface area contributed by atoms with Crippen LogP contribution in [-0.4, -0.2) is 35.6 Å². The molecule has 3 atom stereocenters. The van der Waals surface area contributed by atoms with Crippen molar-refractivity contribution in [1.82, 2.24) is 16.0 Å². The summed E-state index contributed by atoms with van der Waals surface area (Å²) in [5.74, 6) is -0.868. The van der Waals surface area contributed by atoms with Gasteiger partial charge >= 0.3 is 6.09 Å². The van der Waals surface area contributed by atoms with Crippen molar-refractivity contribution in [2.24, 2.45) is 5.92 Å². The molecule has 0 heterocycles. The Kier molecular flexibility index (Phi) is 9.13. The van der Waals surface area contributed by atoms with Crippen LogP contribution in [0.1, 0.15) is 70.2 Å². The van der Waals surface area contributed by atoms with Crippen molar-refractivity contribution < 1.29 is 19.1 Å². The average molecular weight is 494 g/mol. The Morgan fingerprint density at radius 3 is 2.28 bits per heavy atom. The summed E-state index contributed by atoms with van der Waals surface area (Å²) in [4.78, 5) is 39.2. The smallest absolute Gasteiger partial charge is 0.408 e. The van der Waals surface area contributed by atoms with Crippen LogP contribution < -0.4 is 16.0 Å². The van der Waals surface area contributed by atoms with Gasteiger partial charge in [-0.05, 0) is 62.6 Å². The van der Waals surface area contributed by atoms with Gasteiger partial charge in [-0.25, -0.2) is 4.79 Å². The molecule has 1 aliphatic carbocycles. The Bertz CT molecular complexity index is 1050. The van der Waals surface area contributed by atoms with Crippen LogP contribution in [0.3, 0.4) is 0 Å². The van der Waals surface area contributed by atoms with Crippen molar-refractivity contribution in [3.63, 3.8) is 0 Å². The molecule has 0 fully saturated rings. The predicted octanol–water partition coefficient (Wildman–Crippen LogP) is 4.46. The minimum atomic E-state index is -0.846. The van der Waals surface area contributed by atoms with Crippen molar-refractivity contribution in [3.05, 3.63) is 71.3 Å². The summed E-state index contributed by atoms with van der Waals surface area (Å²) in [6, 6.07) is 16.0. The number of benzene rings is 2. The summed E-state index contributed by atoms with van der Waals surface area (Å²) in [5, 5.41) is 8.75. The molecular formula is C29H39N3O4. The highest BCUT2D eigenvalue weighted by molar-refractivity contribution is 5.91. The molecule has 194 valence electrons. The van der Waals surface area contributed by atoms with E-state index in [1.807, 2.05) is 56.3 Å². The van der Waals surface area contributed by atoms with Crippen molar-refractivity contribution >= 4 is 17.9 Å². The Hall–Kier alpha value is -3.35. The largest absolute Gasteiger partial charge is 0.444 e. The number of hydrogen-bond donors (Lipinski definition) is 3. The van der Waals surface area contributed by atoms with Crippen LogP contribution >= 0.6 is 0 Å². The highest BCUT2D eigenvalue weighted by atomic mass is 16.6. The Morgan fingerprint density at radius 2 is 1.61 bits per heavy atom. The number of rotatable bonds is 8. The summed E-state index contributed by atoms with van der Waals surface area (Å²) < 4.78 is 5.34. The summed E-state index contributed by atoms with van der Waals surface area (Å²) in [6.45, 7) is 8.97. The standard InChI is InChI=1S/C29H39N3O4/c1-19(2)25(32-28(35)36-29(3,4)5)27(34)31-24(18-20-12-7-6-8-13-20)26(33)30-23-17-11-15-21-14-9-10-16-22(21)23/h6-10,12-14,16,19,23-25H,11,15,17-18H2,1-5H3,(H,30,33)(H,31,34)(H,32,35)/t23-,24+,25+/m1/s1. The molecule has 0 unspecified atom stereocenters. The van der Waals surface area contributed by atoms with Gasteiger partial charge in [-0.2, -0.15) is 0 Å². The Labute approximate surface area is 214 Å². The van der Waals surface area contributed by atoms with Crippen LogP contribution in [0.5, 0.6) is 0 Å². The molecule has 0 aromatic heterocycles. The van der Waals surface area contributed by atoms with E-state index >= 15 is 0 Å². The number of aryl methyl sites for hydroxylation is 1. The number of carbonyl (C=O) groups excluding carboxylic acids is 3. The second-order valence-corrected chi connectivity index (χ2v) is 10.8. The molecule has 0 saturated carbocycles. The highest BCUT2D eigenvalue weighted by Crippen LogP contribution is 2.29. The maximum atomic E-state index is 13.5. The molecule has 0 saturated heterocycles. The first-order valence-electron chi connectivity index (χ1n) is 12.8. The lowest BCUT2D eigenvalue weighted by atomic mass is 9.87. The van der Waals surface area contributed by atoms with E-state index in [1.165, 1.54) is 5.56 Å². The van der Waals surface area contributed by atoms with Gasteiger partial charge in [0.15, 0.2) is 0 Å². The molecule has 3 N–H and O–H groups in total. The Balaban J connectivity index is 1.77. The monoisotopic (exact) mass is 493 g/mol. The van der Waals surface area contributed by atoms with E-state index in [0.717, 1.165) is 30.4 Å². The quantitative estimate of drug-likeness (QED) is 0.506. The van der Waals surface area contributed by atoms with Crippen LogP contribution in [0.2, 0.25) is 0 Å². The number of fused-ring (bicyclic) bond motifs is 1. The number of nitrogens with one attached hydrogen (secondary N) is 3. The first-order chi connectivity index (χ1) is 17.0. The fourth-order valence-corrected chi connectivity index (χ4v) is 4.47. The van der Waals surface area contributed by atoms with Crippen molar-refractivity contribution in [1.29, 1.82) is 0 Å². The van der Waals surface area contributed by atoms with Crippen LogP contribution in [0.25, 0.3) is 0 Å². The zero-order valence-electron chi connectivity index (χ0n) is 22.0. The average Bonchev–Trinajstić information content (AvgIpc) is 2.81. The van der Waals surface area contributed by atoms with Gasteiger partial charge in [0, 0.05) is 6.42 Å². The van der Waals surface area contributed by atoms with Crippen molar-refractivity contribution in [2.45, 2.75) is 84.0 Å². The van der Waals surface area contributed by atoms with Gasteiger partial charge in [-0.3, -0.25) is 9.59 Å². The van der Waals surface area contributed by atoms with Gasteiger partial charge in [0.05, 0.1) is 6.04 Å². The maximum absolute atomic E-state index is 13.5. The molecule has 36 heavy (non-hydrogen) atoms. The van der Waals surface area contributed by atoms with Gasteiger partial charge < -0.3 is 20.7 Å². The van der Waals surface area contributed by atoms with E-state index in [1.54, 1.807) is 20.8 Å². The molecule has 0 radical (unpaired) electrons. The predicted molar refractivity (Wildman–Crippen MR) is 140 cm³/mol. The molecule has 2 aromatic rings. The van der Waals surface area contributed by atoms with Gasteiger partial charge in [0.25, 0.3) is 0 Å². The molecule has 7 nitrogen and oxygen atoms in total. The lowest BCUT2D eigenvalue weighted by Crippen LogP contribution is -2.56. The van der Waals surface area contributed by atoms with Crippen LogP contribution in [-0.2, 0) is 27.2 Å². The third-order valence-electron chi connectivity index (χ3n) is 6.22. The molecular weight excluding hydrogens is 454 g/mol. The molecule has 0 aliphatic heterocycles. The first-order valence-corrected chi connectivity index (χ1v) is 12.8. The molecule has 0 bridgehead atoms. The molecule has 3 amide bonds. The van der Waals surface area contributed by atoms with E-state index in [4.69, 9.17) is 4.74 Å². The van der Waals surface area contributed by atoms with Crippen molar-refractivity contribution in [2.75, 3.05) is 0 Å². The maximum Gasteiger partial charge on any atom is 0.408 e. The first kappa shape index (κ1) is 27.2. The fraction of sp³-hybridized carbons (Fsp3) is 0.483. The topological polar surface area (TPSA) is 96.5 Å². The van der Waals surface area contributed by atoms with E-state index in [2.05, 4.69) is 28.1 Å².